The zero-order valence-corrected chi connectivity index (χ0v) is 34.4. The zero-order chi connectivity index (χ0) is 43.5. The van der Waals surface area contributed by atoms with Crippen LogP contribution in [0.2, 0.25) is 0 Å². The van der Waals surface area contributed by atoms with Crippen molar-refractivity contribution in [2.24, 2.45) is 0 Å². The van der Waals surface area contributed by atoms with Crippen molar-refractivity contribution in [2.75, 3.05) is 0 Å². The average molecular weight is 796 g/mol. The normalized spacial score (nSPS) is 11.9. The highest BCUT2D eigenvalue weighted by Gasteiger charge is 2.27. The van der Waals surface area contributed by atoms with Gasteiger partial charge in [-0.2, -0.15) is 0 Å². The van der Waals surface area contributed by atoms with E-state index in [4.69, 9.17) is 59.3 Å². The van der Waals surface area contributed by atoms with E-state index >= 15 is 0 Å². The summed E-state index contributed by atoms with van der Waals surface area (Å²) in [6.07, 6.45) is 0. The molecule has 64 heavy (non-hydrogen) atoms. The largest absolute Gasteiger partial charge is 0.456 e. The van der Waals surface area contributed by atoms with E-state index in [0.717, 1.165) is 77.4 Å². The molecule has 0 fully saturated rings. The Hall–Kier alpha value is -7.17. The molecule has 12 rings (SSSR count). The van der Waals surface area contributed by atoms with Gasteiger partial charge < -0.3 is 13.6 Å². The van der Waals surface area contributed by atoms with Gasteiger partial charge in [-0.15, -0.1) is 10.9 Å². The van der Waals surface area contributed by atoms with E-state index in [-0.39, 0.29) is 21.9 Å². The first-order chi connectivity index (χ1) is 31.2. The first-order valence-corrected chi connectivity index (χ1v) is 21.0. The topological polar surface area (TPSA) is 23.0 Å². The van der Waals surface area contributed by atoms with Crippen LogP contribution in [0, 0.1) is 0 Å². The molecule has 0 aliphatic heterocycles. The lowest BCUT2D eigenvalue weighted by molar-refractivity contribution is 0.669. The number of fused-ring (bicyclic) bond motifs is 9. The van der Waals surface area contributed by atoms with E-state index in [9.17, 15) is 0 Å². The minimum Gasteiger partial charge on any atom is -0.456 e. The summed E-state index contributed by atoms with van der Waals surface area (Å²) in [6, 6.07) is 56.0. The summed E-state index contributed by atoms with van der Waals surface area (Å²) in [5, 5.41) is 4.90. The van der Waals surface area contributed by atoms with Crippen molar-refractivity contribution in [2.45, 2.75) is 0 Å². The second kappa shape index (κ2) is 14.4. The molecule has 3 nitrogen and oxygen atoms in total. The second-order valence-electron chi connectivity index (χ2n) is 16.3. The number of aromatic nitrogens is 2. The molecule has 0 atom stereocenters. The highest BCUT2D eigenvalue weighted by Crippen LogP contribution is 2.42. The molecule has 0 unspecified atom stereocenters. The molecule has 14 radical (unpaired) electrons. The average Bonchev–Trinajstić information content (AvgIpc) is 4.01. The molecular weight excluding hydrogens is 768 g/mol. The minimum atomic E-state index is 0.159. The summed E-state index contributed by atoms with van der Waals surface area (Å²) in [4.78, 5) is 0. The van der Waals surface area contributed by atoms with Crippen LogP contribution >= 0.6 is 0 Å². The maximum atomic E-state index is 7.46. The summed E-state index contributed by atoms with van der Waals surface area (Å²) in [5.74, 6) is 0. The lowest BCUT2D eigenvalue weighted by Crippen LogP contribution is -2.48. The molecule has 0 saturated carbocycles. The Morgan fingerprint density at radius 1 is 0.328 bits per heavy atom. The SMILES string of the molecule is [B]c1c([B])c([B])c2c(c1[B])c1c([B])c(-c3ccc4c(c3)c3cccc(-c5ccccc5)c3n4-c3ccccc3-c3ccccc3)c([B])c([B])c1n2-c1cccc2oc3ccccc3c12. The van der Waals surface area contributed by atoms with E-state index in [2.05, 4.69) is 114 Å². The lowest BCUT2D eigenvalue weighted by atomic mass is 9.64. The predicted molar refractivity (Wildman–Crippen MR) is 276 cm³/mol. The molecule has 0 aliphatic carbocycles. The van der Waals surface area contributed by atoms with Gasteiger partial charge in [-0.1, -0.05) is 155 Å². The summed E-state index contributed by atoms with van der Waals surface area (Å²) >= 11 is 0. The number of hydrogen-bond donors (Lipinski definition) is 0. The van der Waals surface area contributed by atoms with Crippen LogP contribution in [0.3, 0.4) is 0 Å². The van der Waals surface area contributed by atoms with Crippen molar-refractivity contribution in [3.05, 3.63) is 164 Å². The molecule has 0 saturated heterocycles. The number of nitrogens with zero attached hydrogens (tertiary/aromatic N) is 2. The van der Waals surface area contributed by atoms with Gasteiger partial charge in [0, 0.05) is 43.7 Å². The third-order valence-corrected chi connectivity index (χ3v) is 12.9. The van der Waals surface area contributed by atoms with E-state index in [1.54, 1.807) is 0 Å². The Kier molecular flexibility index (Phi) is 8.69. The molecule has 12 aromatic rings. The summed E-state index contributed by atoms with van der Waals surface area (Å²) < 4.78 is 10.6. The zero-order valence-electron chi connectivity index (χ0n) is 34.4. The van der Waals surface area contributed by atoms with Crippen molar-refractivity contribution in [3.8, 4) is 44.8 Å². The number of para-hydroxylation sites is 3. The summed E-state index contributed by atoms with van der Waals surface area (Å²) in [5.41, 5.74) is 13.8. The summed E-state index contributed by atoms with van der Waals surface area (Å²) in [7, 11) is 49.2. The third-order valence-electron chi connectivity index (χ3n) is 12.9. The van der Waals surface area contributed by atoms with Crippen molar-refractivity contribution >= 4 is 159 Å². The van der Waals surface area contributed by atoms with Gasteiger partial charge in [-0.25, -0.2) is 0 Å². The van der Waals surface area contributed by atoms with Crippen molar-refractivity contribution < 1.29 is 4.42 Å². The van der Waals surface area contributed by atoms with Gasteiger partial charge in [0.05, 0.1) is 27.8 Å². The van der Waals surface area contributed by atoms with Gasteiger partial charge in [0.2, 0.25) is 0 Å². The maximum Gasteiger partial charge on any atom is 0.137 e. The van der Waals surface area contributed by atoms with Crippen LogP contribution in [0.1, 0.15) is 0 Å². The van der Waals surface area contributed by atoms with Crippen LogP contribution in [0.5, 0.6) is 0 Å². The van der Waals surface area contributed by atoms with Crippen LogP contribution in [0.4, 0.5) is 0 Å². The Morgan fingerprint density at radius 3 is 1.66 bits per heavy atom. The predicted octanol–water partition coefficient (Wildman–Crippen LogP) is 6.34. The van der Waals surface area contributed by atoms with Gasteiger partial charge in [-0.3, -0.25) is 0 Å². The van der Waals surface area contributed by atoms with Crippen LogP contribution in [0.15, 0.2) is 168 Å². The van der Waals surface area contributed by atoms with Gasteiger partial charge >= 0.3 is 0 Å². The molecule has 3 aromatic heterocycles. The van der Waals surface area contributed by atoms with Crippen LogP contribution in [-0.4, -0.2) is 64.1 Å². The van der Waals surface area contributed by atoms with Gasteiger partial charge in [-0.05, 0) is 64.0 Å². The molecule has 0 amide bonds. The van der Waals surface area contributed by atoms with Crippen molar-refractivity contribution in [1.82, 2.24) is 9.13 Å². The number of rotatable bonds is 5. The molecule has 10 heteroatoms. The highest BCUT2D eigenvalue weighted by molar-refractivity contribution is 6.69. The fourth-order valence-corrected chi connectivity index (χ4v) is 10.0. The number of hydrogen-bond acceptors (Lipinski definition) is 1. The Morgan fingerprint density at radius 2 is 0.891 bits per heavy atom. The van der Waals surface area contributed by atoms with E-state index in [0.29, 0.717) is 49.3 Å². The van der Waals surface area contributed by atoms with Gasteiger partial charge in [0.1, 0.15) is 66.1 Å². The second-order valence-corrected chi connectivity index (χ2v) is 16.3. The van der Waals surface area contributed by atoms with E-state index in [1.165, 1.54) is 0 Å². The Bertz CT molecular complexity index is 3930. The quantitative estimate of drug-likeness (QED) is 0.187. The molecule has 0 bridgehead atoms. The Balaban J connectivity index is 1.18. The third kappa shape index (κ3) is 5.38. The van der Waals surface area contributed by atoms with Crippen LogP contribution < -0.4 is 38.2 Å². The molecular formula is C54H27B7N2O. The first-order valence-electron chi connectivity index (χ1n) is 21.0. The number of furan rings is 1. The maximum absolute atomic E-state index is 7.46. The van der Waals surface area contributed by atoms with E-state index in [1.807, 2.05) is 59.2 Å². The summed E-state index contributed by atoms with van der Waals surface area (Å²) in [6.45, 7) is 0. The van der Waals surface area contributed by atoms with E-state index < -0.39 is 0 Å². The highest BCUT2D eigenvalue weighted by atomic mass is 16.3. The molecule has 0 N–H and O–H groups in total. The first kappa shape index (κ1) is 38.5. The fraction of sp³-hybridized carbons (Fsp3) is 0. The van der Waals surface area contributed by atoms with Crippen molar-refractivity contribution in [3.63, 3.8) is 0 Å². The number of benzene rings is 9. The van der Waals surface area contributed by atoms with Crippen LogP contribution in [-0.2, 0) is 0 Å². The van der Waals surface area contributed by atoms with Crippen molar-refractivity contribution in [1.29, 1.82) is 0 Å². The fourth-order valence-electron chi connectivity index (χ4n) is 10.0. The molecule has 0 spiro atoms. The molecule has 3 heterocycles. The molecule has 9 aromatic carbocycles. The van der Waals surface area contributed by atoms with Gasteiger partial charge in [0.25, 0.3) is 0 Å². The standard InChI is InChI=1S/C54H27B7N2O/c55-45-41(46(56)50(60)53-43(45)44-47(57)48(58)49(59)51(61)54(44)63(53)38-22-12-24-40-42(38)34-18-8-10-23-39(34)64-40)30-25-26-37-35(27-30)33-20-11-19-32(29-15-5-2-6-16-29)52(33)62(37)36-21-9-7-17-31(36)28-13-3-1-4-14-28/h1-27H. The lowest BCUT2D eigenvalue weighted by Gasteiger charge is -2.20. The monoisotopic (exact) mass is 796 g/mol. The molecule has 0 aliphatic rings. The Labute approximate surface area is 379 Å². The van der Waals surface area contributed by atoms with Gasteiger partial charge in [0.15, 0.2) is 0 Å². The smallest absolute Gasteiger partial charge is 0.137 e. The minimum absolute atomic E-state index is 0.159. The molecule has 280 valence electrons. The van der Waals surface area contributed by atoms with Crippen LogP contribution in [0.25, 0.3) is 110 Å².